The van der Waals surface area contributed by atoms with Crippen LogP contribution in [0.5, 0.6) is 0 Å². The summed E-state index contributed by atoms with van der Waals surface area (Å²) in [6, 6.07) is 12.8. The molecule has 8 heteroatoms. The van der Waals surface area contributed by atoms with Gasteiger partial charge in [0.15, 0.2) is 5.43 Å². The fraction of sp³-hybridized carbons (Fsp3) is 0.452. The van der Waals surface area contributed by atoms with E-state index >= 15 is 0 Å². The minimum absolute atomic E-state index is 0.00345. The van der Waals surface area contributed by atoms with Crippen LogP contribution in [0.3, 0.4) is 0 Å². The van der Waals surface area contributed by atoms with Gasteiger partial charge in [0.2, 0.25) is 11.8 Å². The number of unbranched alkanes of at least 4 members (excludes halogenated alkanes) is 1. The Morgan fingerprint density at radius 2 is 1.74 bits per heavy atom. The van der Waals surface area contributed by atoms with Crippen molar-refractivity contribution in [2.75, 3.05) is 26.8 Å². The van der Waals surface area contributed by atoms with Crippen LogP contribution in [0.15, 0.2) is 64.0 Å². The number of halogens is 1. The Morgan fingerprint density at radius 3 is 2.44 bits per heavy atom. The first kappa shape index (κ1) is 30.0. The number of hydrogen-bond donors (Lipinski definition) is 0. The Hall–Kier alpha value is -3.52. The van der Waals surface area contributed by atoms with Crippen LogP contribution in [0.4, 0.5) is 4.39 Å². The van der Waals surface area contributed by atoms with Crippen LogP contribution in [-0.4, -0.2) is 48.4 Å². The van der Waals surface area contributed by atoms with Crippen molar-refractivity contribution in [3.05, 3.63) is 82.0 Å². The quantitative estimate of drug-likeness (QED) is 0.237. The number of para-hydroxylation sites is 1. The summed E-state index contributed by atoms with van der Waals surface area (Å²) in [6.45, 7) is 4.98. The summed E-state index contributed by atoms with van der Waals surface area (Å²) in [7, 11) is 1.60. The van der Waals surface area contributed by atoms with E-state index in [1.165, 1.54) is 23.3 Å². The van der Waals surface area contributed by atoms with E-state index in [0.29, 0.717) is 48.1 Å². The third-order valence-corrected chi connectivity index (χ3v) is 6.91. The number of amides is 2. The first-order valence-corrected chi connectivity index (χ1v) is 13.7. The fourth-order valence-corrected chi connectivity index (χ4v) is 4.62. The highest BCUT2D eigenvalue weighted by Crippen LogP contribution is 2.18. The van der Waals surface area contributed by atoms with Crippen molar-refractivity contribution in [2.45, 2.75) is 59.0 Å². The second-order valence-corrected chi connectivity index (χ2v) is 9.82. The predicted octanol–water partition coefficient (Wildman–Crippen LogP) is 5.54. The Kier molecular flexibility index (Phi) is 11.7. The molecule has 0 radical (unpaired) electrons. The highest BCUT2D eigenvalue weighted by atomic mass is 19.1. The van der Waals surface area contributed by atoms with E-state index in [4.69, 9.17) is 9.15 Å². The summed E-state index contributed by atoms with van der Waals surface area (Å²) in [6.07, 6.45) is 5.40. The Balaban J connectivity index is 1.89. The van der Waals surface area contributed by atoms with Gasteiger partial charge in [0.05, 0.1) is 30.3 Å². The molecule has 0 N–H and O–H groups in total. The molecule has 210 valence electrons. The number of ether oxygens (including phenoxy) is 1. The lowest BCUT2D eigenvalue weighted by Gasteiger charge is -2.30. The molecule has 0 fully saturated rings. The van der Waals surface area contributed by atoms with Crippen molar-refractivity contribution in [3.8, 4) is 0 Å². The summed E-state index contributed by atoms with van der Waals surface area (Å²) in [5, 5.41) is 0.433. The topological polar surface area (TPSA) is 80.1 Å². The molecule has 0 saturated carbocycles. The molecule has 3 aromatic rings. The third-order valence-electron chi connectivity index (χ3n) is 6.91. The maximum absolute atomic E-state index is 13.8. The van der Waals surface area contributed by atoms with Crippen molar-refractivity contribution >= 4 is 22.8 Å². The second-order valence-electron chi connectivity index (χ2n) is 9.82. The zero-order valence-corrected chi connectivity index (χ0v) is 23.2. The zero-order valence-electron chi connectivity index (χ0n) is 23.2. The first-order chi connectivity index (χ1) is 18.9. The fourth-order valence-electron chi connectivity index (χ4n) is 4.62. The van der Waals surface area contributed by atoms with Gasteiger partial charge in [-0.15, -0.1) is 0 Å². The van der Waals surface area contributed by atoms with Crippen LogP contribution < -0.4 is 5.43 Å². The Morgan fingerprint density at radius 1 is 1.00 bits per heavy atom. The standard InChI is InChI=1S/C31H39FN2O5/c1-4-6-10-24(5-2)31(37)33(17-9-18-38-3)21-29(35)34(19-23-13-15-26(32)16-14-23)20-25-22-39-28-12-8-7-11-27(28)30(25)36/h7-8,11-16,22,24H,4-6,9-10,17-21H2,1-3H3/t24-/m1/s1. The average molecular weight is 539 g/mol. The van der Waals surface area contributed by atoms with Crippen LogP contribution in [0.2, 0.25) is 0 Å². The molecule has 7 nitrogen and oxygen atoms in total. The number of nitrogens with zero attached hydrogens (tertiary/aromatic N) is 2. The maximum atomic E-state index is 13.8. The summed E-state index contributed by atoms with van der Waals surface area (Å²) in [5.74, 6) is -0.872. The molecule has 0 unspecified atom stereocenters. The summed E-state index contributed by atoms with van der Waals surface area (Å²) in [5.41, 5.74) is 1.29. The molecule has 1 atom stereocenters. The second kappa shape index (κ2) is 15.2. The SMILES string of the molecule is CCCC[C@@H](CC)C(=O)N(CCCOC)CC(=O)N(Cc1ccc(F)cc1)Cc1coc2ccccc2c1=O. The third kappa shape index (κ3) is 8.48. The van der Waals surface area contributed by atoms with Gasteiger partial charge in [-0.25, -0.2) is 4.39 Å². The maximum Gasteiger partial charge on any atom is 0.242 e. The number of methoxy groups -OCH3 is 1. The van der Waals surface area contributed by atoms with E-state index in [1.54, 1.807) is 48.4 Å². The van der Waals surface area contributed by atoms with E-state index in [1.807, 2.05) is 6.92 Å². The lowest BCUT2D eigenvalue weighted by atomic mass is 9.97. The molecular formula is C31H39FN2O5. The molecule has 3 rings (SSSR count). The molecule has 39 heavy (non-hydrogen) atoms. The van der Waals surface area contributed by atoms with Crippen molar-refractivity contribution in [1.29, 1.82) is 0 Å². The lowest BCUT2D eigenvalue weighted by molar-refractivity contribution is -0.144. The van der Waals surface area contributed by atoms with Gasteiger partial charge in [0.25, 0.3) is 0 Å². The molecule has 0 saturated heterocycles. The largest absolute Gasteiger partial charge is 0.464 e. The van der Waals surface area contributed by atoms with Crippen molar-refractivity contribution < 1.29 is 23.1 Å². The monoisotopic (exact) mass is 538 g/mol. The van der Waals surface area contributed by atoms with Gasteiger partial charge in [0, 0.05) is 32.7 Å². The van der Waals surface area contributed by atoms with Gasteiger partial charge in [0.1, 0.15) is 11.4 Å². The van der Waals surface area contributed by atoms with Gasteiger partial charge in [-0.3, -0.25) is 14.4 Å². The number of fused-ring (bicyclic) bond motifs is 1. The first-order valence-electron chi connectivity index (χ1n) is 13.7. The molecule has 0 spiro atoms. The van der Waals surface area contributed by atoms with Crippen LogP contribution in [0.25, 0.3) is 11.0 Å². The lowest BCUT2D eigenvalue weighted by Crippen LogP contribution is -2.45. The van der Waals surface area contributed by atoms with Gasteiger partial charge < -0.3 is 19.0 Å². The highest BCUT2D eigenvalue weighted by molar-refractivity contribution is 5.86. The summed E-state index contributed by atoms with van der Waals surface area (Å²) >= 11 is 0. The number of benzene rings is 2. The molecule has 2 amide bonds. The van der Waals surface area contributed by atoms with E-state index in [2.05, 4.69) is 6.92 Å². The molecule has 1 aromatic heterocycles. The van der Waals surface area contributed by atoms with Crippen molar-refractivity contribution in [2.24, 2.45) is 5.92 Å². The van der Waals surface area contributed by atoms with Crippen LogP contribution in [-0.2, 0) is 27.4 Å². The summed E-state index contributed by atoms with van der Waals surface area (Å²) in [4.78, 5) is 43.6. The normalized spacial score (nSPS) is 11.9. The van der Waals surface area contributed by atoms with Gasteiger partial charge in [-0.1, -0.05) is 51.0 Å². The average Bonchev–Trinajstić information content (AvgIpc) is 2.95. The smallest absolute Gasteiger partial charge is 0.242 e. The molecule has 0 bridgehead atoms. The highest BCUT2D eigenvalue weighted by Gasteiger charge is 2.27. The number of carbonyl (C=O) groups excluding carboxylic acids is 2. The van der Waals surface area contributed by atoms with Gasteiger partial charge >= 0.3 is 0 Å². The molecule has 2 aromatic carbocycles. The predicted molar refractivity (Wildman–Crippen MR) is 150 cm³/mol. The van der Waals surface area contributed by atoms with Crippen LogP contribution >= 0.6 is 0 Å². The summed E-state index contributed by atoms with van der Waals surface area (Å²) < 4.78 is 24.4. The minimum Gasteiger partial charge on any atom is -0.464 e. The van der Waals surface area contributed by atoms with Crippen molar-refractivity contribution in [3.63, 3.8) is 0 Å². The zero-order chi connectivity index (χ0) is 28.2. The van der Waals surface area contributed by atoms with E-state index in [0.717, 1.165) is 19.3 Å². The number of rotatable bonds is 15. The molecule has 0 aliphatic rings. The molecule has 1 heterocycles. The molecule has 0 aliphatic carbocycles. The Labute approximate surface area is 229 Å². The van der Waals surface area contributed by atoms with Gasteiger partial charge in [-0.05, 0) is 49.1 Å². The van der Waals surface area contributed by atoms with E-state index in [9.17, 15) is 18.8 Å². The number of carbonyl (C=O) groups is 2. The molecule has 0 aliphatic heterocycles. The Bertz CT molecular complexity index is 1270. The van der Waals surface area contributed by atoms with E-state index in [-0.39, 0.29) is 48.6 Å². The molecular weight excluding hydrogens is 499 g/mol. The van der Waals surface area contributed by atoms with Crippen molar-refractivity contribution in [1.82, 2.24) is 9.80 Å². The van der Waals surface area contributed by atoms with Crippen LogP contribution in [0, 0.1) is 11.7 Å². The van der Waals surface area contributed by atoms with E-state index < -0.39 is 0 Å². The number of hydrogen-bond acceptors (Lipinski definition) is 5. The van der Waals surface area contributed by atoms with Crippen LogP contribution in [0.1, 0.15) is 57.1 Å². The van der Waals surface area contributed by atoms with Gasteiger partial charge in [-0.2, -0.15) is 0 Å². The minimum atomic E-state index is -0.376.